The largest absolute Gasteiger partial charge is 0.0616 e. The first-order valence-corrected chi connectivity index (χ1v) is 20.1. The lowest BCUT2D eigenvalue weighted by Gasteiger charge is -2.25. The number of hydrogen-bond donors (Lipinski definition) is 0. The summed E-state index contributed by atoms with van der Waals surface area (Å²) in [5, 5.41) is 15.3. The molecule has 0 bridgehead atoms. The standard InChI is InChI=1S/C57H38/c1-57(2)53-34-38-17-6-5-16-37(38)33-52(53)50-27-12-24-42(56(50)57)39-18-11-19-41(31-39)54-46-20-7-9-22-48(46)55(49-23-10-8-21-47(49)54)45-26-13-25-43-44(45)29-28-40-30-35-14-3-4-15-36(35)32-51(40)43/h3-34H,1-2H3. The molecule has 0 heteroatoms. The molecule has 0 nitrogen and oxygen atoms in total. The third kappa shape index (κ3) is 4.68. The van der Waals surface area contributed by atoms with Crippen molar-refractivity contribution >= 4 is 64.6 Å². The summed E-state index contributed by atoms with van der Waals surface area (Å²) in [6.07, 6.45) is 0. The summed E-state index contributed by atoms with van der Waals surface area (Å²) >= 11 is 0. The average molecular weight is 723 g/mol. The van der Waals surface area contributed by atoms with Gasteiger partial charge in [0.1, 0.15) is 0 Å². The lowest BCUT2D eigenvalue weighted by atomic mass is 9.78. The molecule has 0 saturated carbocycles. The zero-order valence-electron chi connectivity index (χ0n) is 32.0. The van der Waals surface area contributed by atoms with Crippen molar-refractivity contribution in [3.8, 4) is 44.5 Å². The molecule has 0 fully saturated rings. The van der Waals surface area contributed by atoms with Gasteiger partial charge in [0.25, 0.3) is 0 Å². The molecule has 1 aliphatic rings. The Hall–Kier alpha value is -7.02. The Balaban J connectivity index is 1.07. The molecule has 0 atom stereocenters. The van der Waals surface area contributed by atoms with E-state index in [1.807, 2.05) is 0 Å². The SMILES string of the molecule is CC1(C)c2cc3ccccc3cc2-c2cccc(-c3cccc(-c4c5ccccc5c(-c5cccc6c5ccc5cc7ccccc7cc56)c5ccccc45)c3)c21. The molecule has 57 heavy (non-hydrogen) atoms. The second-order valence-electron chi connectivity index (χ2n) is 16.4. The van der Waals surface area contributed by atoms with Crippen molar-refractivity contribution in [1.82, 2.24) is 0 Å². The van der Waals surface area contributed by atoms with E-state index in [1.165, 1.54) is 120 Å². The minimum Gasteiger partial charge on any atom is -0.0616 e. The molecule has 0 aromatic heterocycles. The average Bonchev–Trinajstić information content (AvgIpc) is 3.48. The summed E-state index contributed by atoms with van der Waals surface area (Å²) in [5.41, 5.74) is 13.0. The zero-order chi connectivity index (χ0) is 37.8. The molecule has 266 valence electrons. The van der Waals surface area contributed by atoms with E-state index >= 15 is 0 Å². The smallest absolute Gasteiger partial charge is 0.0165 e. The van der Waals surface area contributed by atoms with Crippen molar-refractivity contribution in [3.05, 3.63) is 205 Å². The minimum atomic E-state index is -0.140. The van der Waals surface area contributed by atoms with Crippen molar-refractivity contribution < 1.29 is 0 Å². The van der Waals surface area contributed by atoms with E-state index in [0.29, 0.717) is 0 Å². The Bertz CT molecular complexity index is 3430. The Morgan fingerprint density at radius 2 is 0.807 bits per heavy atom. The third-order valence-electron chi connectivity index (χ3n) is 12.9. The maximum atomic E-state index is 2.44. The maximum absolute atomic E-state index is 2.44. The summed E-state index contributed by atoms with van der Waals surface area (Å²) in [5.74, 6) is 0. The first-order valence-electron chi connectivity index (χ1n) is 20.1. The summed E-state index contributed by atoms with van der Waals surface area (Å²) < 4.78 is 0. The number of rotatable bonds is 3. The number of benzene rings is 11. The van der Waals surface area contributed by atoms with Gasteiger partial charge < -0.3 is 0 Å². The van der Waals surface area contributed by atoms with Crippen LogP contribution < -0.4 is 0 Å². The molecule has 11 aromatic rings. The van der Waals surface area contributed by atoms with Crippen LogP contribution in [-0.2, 0) is 5.41 Å². The number of fused-ring (bicyclic) bond motifs is 10. The van der Waals surface area contributed by atoms with Gasteiger partial charge in [0.2, 0.25) is 0 Å². The molecule has 0 saturated heterocycles. The van der Waals surface area contributed by atoms with E-state index in [1.54, 1.807) is 0 Å². The van der Waals surface area contributed by atoms with Gasteiger partial charge in [-0.25, -0.2) is 0 Å². The van der Waals surface area contributed by atoms with Crippen molar-refractivity contribution in [3.63, 3.8) is 0 Å². The van der Waals surface area contributed by atoms with Crippen molar-refractivity contribution in [2.45, 2.75) is 19.3 Å². The Labute approximate surface area is 332 Å². The van der Waals surface area contributed by atoms with Gasteiger partial charge in [0.15, 0.2) is 0 Å². The molecular weight excluding hydrogens is 685 g/mol. The highest BCUT2D eigenvalue weighted by molar-refractivity contribution is 6.25. The molecule has 0 aliphatic heterocycles. The van der Waals surface area contributed by atoms with Gasteiger partial charge in [-0.15, -0.1) is 0 Å². The molecule has 0 spiro atoms. The molecule has 0 N–H and O–H groups in total. The summed E-state index contributed by atoms with van der Waals surface area (Å²) in [6.45, 7) is 4.80. The quantitative estimate of drug-likeness (QED) is 0.126. The normalized spacial score (nSPS) is 13.2. The highest BCUT2D eigenvalue weighted by Gasteiger charge is 2.38. The summed E-state index contributed by atoms with van der Waals surface area (Å²) in [7, 11) is 0. The van der Waals surface area contributed by atoms with Crippen LogP contribution in [0.4, 0.5) is 0 Å². The zero-order valence-corrected chi connectivity index (χ0v) is 32.0. The van der Waals surface area contributed by atoms with Gasteiger partial charge in [-0.1, -0.05) is 178 Å². The number of hydrogen-bond acceptors (Lipinski definition) is 0. The van der Waals surface area contributed by atoms with E-state index in [2.05, 4.69) is 208 Å². The summed E-state index contributed by atoms with van der Waals surface area (Å²) in [6, 6.07) is 72.8. The molecule has 12 rings (SSSR count). The van der Waals surface area contributed by atoms with Crippen LogP contribution in [0, 0.1) is 0 Å². The van der Waals surface area contributed by atoms with Crippen LogP contribution in [0.2, 0.25) is 0 Å². The predicted octanol–water partition coefficient (Wildman–Crippen LogP) is 15.9. The highest BCUT2D eigenvalue weighted by Crippen LogP contribution is 2.54. The lowest BCUT2D eigenvalue weighted by molar-refractivity contribution is 0.663. The van der Waals surface area contributed by atoms with Gasteiger partial charge >= 0.3 is 0 Å². The van der Waals surface area contributed by atoms with Gasteiger partial charge in [0.05, 0.1) is 0 Å². The molecule has 11 aromatic carbocycles. The van der Waals surface area contributed by atoms with E-state index < -0.39 is 0 Å². The van der Waals surface area contributed by atoms with Crippen LogP contribution >= 0.6 is 0 Å². The molecular formula is C57H38. The monoisotopic (exact) mass is 722 g/mol. The second-order valence-corrected chi connectivity index (χ2v) is 16.4. The Kier molecular flexibility index (Phi) is 6.78. The fraction of sp³-hybridized carbons (Fsp3) is 0.0526. The van der Waals surface area contributed by atoms with E-state index in [9.17, 15) is 0 Å². The van der Waals surface area contributed by atoms with E-state index in [-0.39, 0.29) is 5.41 Å². The predicted molar refractivity (Wildman–Crippen MR) is 245 cm³/mol. The van der Waals surface area contributed by atoms with Crippen LogP contribution in [0.15, 0.2) is 194 Å². The molecule has 0 radical (unpaired) electrons. The van der Waals surface area contributed by atoms with Gasteiger partial charge in [-0.05, 0) is 151 Å². The molecule has 0 amide bonds. The van der Waals surface area contributed by atoms with Crippen molar-refractivity contribution in [1.29, 1.82) is 0 Å². The Morgan fingerprint density at radius 3 is 1.53 bits per heavy atom. The van der Waals surface area contributed by atoms with Crippen molar-refractivity contribution in [2.75, 3.05) is 0 Å². The summed E-state index contributed by atoms with van der Waals surface area (Å²) in [4.78, 5) is 0. The van der Waals surface area contributed by atoms with Crippen LogP contribution in [-0.4, -0.2) is 0 Å². The minimum absolute atomic E-state index is 0.140. The topological polar surface area (TPSA) is 0 Å². The second kappa shape index (κ2) is 12.0. The van der Waals surface area contributed by atoms with E-state index in [4.69, 9.17) is 0 Å². The lowest BCUT2D eigenvalue weighted by Crippen LogP contribution is -2.16. The maximum Gasteiger partial charge on any atom is 0.0165 e. The molecule has 1 aliphatic carbocycles. The molecule has 0 unspecified atom stereocenters. The van der Waals surface area contributed by atoms with Crippen LogP contribution in [0.1, 0.15) is 25.0 Å². The van der Waals surface area contributed by atoms with Gasteiger partial charge in [-0.3, -0.25) is 0 Å². The molecule has 0 heterocycles. The van der Waals surface area contributed by atoms with Crippen LogP contribution in [0.3, 0.4) is 0 Å². The first-order chi connectivity index (χ1) is 28.0. The van der Waals surface area contributed by atoms with Gasteiger partial charge in [-0.2, -0.15) is 0 Å². The third-order valence-corrected chi connectivity index (χ3v) is 12.9. The first kappa shape index (κ1) is 32.2. The van der Waals surface area contributed by atoms with Crippen molar-refractivity contribution in [2.24, 2.45) is 0 Å². The fourth-order valence-corrected chi connectivity index (χ4v) is 10.4. The van der Waals surface area contributed by atoms with Crippen LogP contribution in [0.5, 0.6) is 0 Å². The fourth-order valence-electron chi connectivity index (χ4n) is 10.4. The van der Waals surface area contributed by atoms with Gasteiger partial charge in [0, 0.05) is 5.41 Å². The van der Waals surface area contributed by atoms with E-state index in [0.717, 1.165) is 0 Å². The Morgan fingerprint density at radius 1 is 0.281 bits per heavy atom. The van der Waals surface area contributed by atoms with Crippen LogP contribution in [0.25, 0.3) is 109 Å². The highest BCUT2D eigenvalue weighted by atomic mass is 14.4.